The molecule has 0 amide bonds. The van der Waals surface area contributed by atoms with E-state index in [1.165, 1.54) is 6.26 Å². The van der Waals surface area contributed by atoms with E-state index in [9.17, 15) is 8.42 Å². The first kappa shape index (κ1) is 20.2. The van der Waals surface area contributed by atoms with Gasteiger partial charge in [0.1, 0.15) is 9.84 Å². The fraction of sp³-hybridized carbons (Fsp3) is 0.933. The predicted molar refractivity (Wildman–Crippen MR) is 94.7 cm³/mol. The SMILES string of the molecule is CN=C(NCCS(C)(=O)=O)NCC(CC(C)C)N1CCOCC1. The van der Waals surface area contributed by atoms with Crippen molar-refractivity contribution in [3.63, 3.8) is 0 Å². The minimum Gasteiger partial charge on any atom is -0.379 e. The third-order valence-corrected chi connectivity index (χ3v) is 4.75. The minimum absolute atomic E-state index is 0.104. The summed E-state index contributed by atoms with van der Waals surface area (Å²) in [5.74, 6) is 1.37. The van der Waals surface area contributed by atoms with Crippen LogP contribution in [0.3, 0.4) is 0 Å². The fourth-order valence-electron chi connectivity index (χ4n) is 2.64. The van der Waals surface area contributed by atoms with Crippen LogP contribution in [0.15, 0.2) is 4.99 Å². The number of aliphatic imine (C=N–C) groups is 1. The van der Waals surface area contributed by atoms with E-state index in [0.29, 0.717) is 24.5 Å². The van der Waals surface area contributed by atoms with Crippen molar-refractivity contribution in [1.82, 2.24) is 15.5 Å². The highest BCUT2D eigenvalue weighted by Gasteiger charge is 2.22. The molecule has 0 bridgehead atoms. The monoisotopic (exact) mass is 348 g/mol. The molecule has 1 fully saturated rings. The Bertz CT molecular complexity index is 459. The minimum atomic E-state index is -2.96. The average molecular weight is 349 g/mol. The van der Waals surface area contributed by atoms with Crippen molar-refractivity contribution in [2.24, 2.45) is 10.9 Å². The normalized spacial score (nSPS) is 18.9. The second-order valence-corrected chi connectivity index (χ2v) is 8.70. The van der Waals surface area contributed by atoms with Gasteiger partial charge in [0.15, 0.2) is 5.96 Å². The van der Waals surface area contributed by atoms with Crippen molar-refractivity contribution in [3.8, 4) is 0 Å². The maximum absolute atomic E-state index is 11.2. The zero-order valence-electron chi connectivity index (χ0n) is 14.8. The van der Waals surface area contributed by atoms with Crippen molar-refractivity contribution in [3.05, 3.63) is 0 Å². The molecule has 8 heteroatoms. The number of ether oxygens (including phenoxy) is 1. The maximum Gasteiger partial charge on any atom is 0.191 e. The molecule has 1 rings (SSSR count). The van der Waals surface area contributed by atoms with Crippen LogP contribution in [0.5, 0.6) is 0 Å². The van der Waals surface area contributed by atoms with E-state index in [2.05, 4.69) is 34.4 Å². The smallest absolute Gasteiger partial charge is 0.191 e. The van der Waals surface area contributed by atoms with Crippen LogP contribution in [0.1, 0.15) is 20.3 Å². The lowest BCUT2D eigenvalue weighted by Gasteiger charge is -2.35. The molecule has 0 spiro atoms. The van der Waals surface area contributed by atoms with Gasteiger partial charge in [-0.1, -0.05) is 13.8 Å². The lowest BCUT2D eigenvalue weighted by molar-refractivity contribution is 0.0132. The molecule has 1 atom stereocenters. The summed E-state index contributed by atoms with van der Waals surface area (Å²) in [6.45, 7) is 9.10. The number of guanidine groups is 1. The van der Waals surface area contributed by atoms with Crippen LogP contribution in [0, 0.1) is 5.92 Å². The Labute approximate surface area is 140 Å². The van der Waals surface area contributed by atoms with Crippen molar-refractivity contribution in [2.45, 2.75) is 26.3 Å². The number of nitrogens with one attached hydrogen (secondary N) is 2. The molecule has 2 N–H and O–H groups in total. The average Bonchev–Trinajstić information content (AvgIpc) is 2.48. The number of nitrogens with zero attached hydrogens (tertiary/aromatic N) is 2. The first-order valence-electron chi connectivity index (χ1n) is 8.26. The molecule has 1 heterocycles. The highest BCUT2D eigenvalue weighted by atomic mass is 32.2. The number of hydrogen-bond donors (Lipinski definition) is 2. The summed E-state index contributed by atoms with van der Waals surface area (Å²) in [6, 6.07) is 0.423. The lowest BCUT2D eigenvalue weighted by atomic mass is 10.0. The Morgan fingerprint density at radius 2 is 1.91 bits per heavy atom. The van der Waals surface area contributed by atoms with Crippen LogP contribution in [0.4, 0.5) is 0 Å². The zero-order chi connectivity index (χ0) is 17.3. The molecule has 0 aromatic heterocycles. The topological polar surface area (TPSA) is 83.0 Å². The molecule has 1 aliphatic heterocycles. The van der Waals surface area contributed by atoms with Gasteiger partial charge in [0.05, 0.1) is 19.0 Å². The van der Waals surface area contributed by atoms with E-state index in [1.54, 1.807) is 7.05 Å². The Morgan fingerprint density at radius 3 is 2.43 bits per heavy atom. The standard InChI is InChI=1S/C15H32N4O3S/c1-13(2)11-14(19-6-8-22-9-7-19)12-18-15(16-3)17-5-10-23(4,20)21/h13-14H,5-12H2,1-4H3,(H2,16,17,18). The molecule has 1 saturated heterocycles. The second-order valence-electron chi connectivity index (χ2n) is 6.44. The van der Waals surface area contributed by atoms with Crippen molar-refractivity contribution in [2.75, 3.05) is 58.4 Å². The number of hydrogen-bond acceptors (Lipinski definition) is 5. The molecular formula is C15H32N4O3S. The van der Waals surface area contributed by atoms with E-state index < -0.39 is 9.84 Å². The summed E-state index contributed by atoms with van der Waals surface area (Å²) < 4.78 is 27.8. The summed E-state index contributed by atoms with van der Waals surface area (Å²) in [4.78, 5) is 6.62. The molecular weight excluding hydrogens is 316 g/mol. The van der Waals surface area contributed by atoms with E-state index in [4.69, 9.17) is 4.74 Å². The summed E-state index contributed by atoms with van der Waals surface area (Å²) in [5, 5.41) is 6.37. The van der Waals surface area contributed by atoms with Crippen LogP contribution in [-0.4, -0.2) is 83.8 Å². The summed E-state index contributed by atoms with van der Waals surface area (Å²) in [5.41, 5.74) is 0. The van der Waals surface area contributed by atoms with Gasteiger partial charge in [-0.05, 0) is 12.3 Å². The molecule has 0 saturated carbocycles. The Morgan fingerprint density at radius 1 is 1.26 bits per heavy atom. The largest absolute Gasteiger partial charge is 0.379 e. The summed E-state index contributed by atoms with van der Waals surface area (Å²) >= 11 is 0. The fourth-order valence-corrected chi connectivity index (χ4v) is 3.11. The van der Waals surface area contributed by atoms with Gasteiger partial charge in [-0.2, -0.15) is 0 Å². The quantitative estimate of drug-likeness (QED) is 0.472. The zero-order valence-corrected chi connectivity index (χ0v) is 15.7. The number of sulfone groups is 1. The first-order chi connectivity index (χ1) is 10.8. The van der Waals surface area contributed by atoms with Gasteiger partial charge < -0.3 is 15.4 Å². The van der Waals surface area contributed by atoms with Crippen LogP contribution < -0.4 is 10.6 Å². The van der Waals surface area contributed by atoms with Gasteiger partial charge >= 0.3 is 0 Å². The van der Waals surface area contributed by atoms with Gasteiger partial charge in [-0.25, -0.2) is 8.42 Å². The lowest BCUT2D eigenvalue weighted by Crippen LogP contribution is -2.51. The second kappa shape index (κ2) is 10.1. The van der Waals surface area contributed by atoms with Crippen LogP contribution in [0.25, 0.3) is 0 Å². The van der Waals surface area contributed by atoms with Gasteiger partial charge in [0, 0.05) is 45.5 Å². The third kappa shape index (κ3) is 9.12. The number of rotatable bonds is 8. The van der Waals surface area contributed by atoms with Crippen molar-refractivity contribution < 1.29 is 13.2 Å². The maximum atomic E-state index is 11.2. The Kier molecular flexibility index (Phi) is 8.86. The molecule has 1 unspecified atom stereocenters. The summed E-state index contributed by atoms with van der Waals surface area (Å²) in [6.07, 6.45) is 2.34. The van der Waals surface area contributed by atoms with Crippen LogP contribution in [-0.2, 0) is 14.6 Å². The Balaban J connectivity index is 2.47. The molecule has 23 heavy (non-hydrogen) atoms. The van der Waals surface area contributed by atoms with Gasteiger partial charge in [0.25, 0.3) is 0 Å². The van der Waals surface area contributed by atoms with Crippen LogP contribution in [0.2, 0.25) is 0 Å². The van der Waals surface area contributed by atoms with Gasteiger partial charge in [0.2, 0.25) is 0 Å². The van der Waals surface area contributed by atoms with Gasteiger partial charge in [-0.15, -0.1) is 0 Å². The van der Waals surface area contributed by atoms with Crippen LogP contribution >= 0.6 is 0 Å². The predicted octanol–water partition coefficient (Wildman–Crippen LogP) is -0.0571. The number of morpholine rings is 1. The summed E-state index contributed by atoms with van der Waals surface area (Å²) in [7, 11) is -1.26. The molecule has 136 valence electrons. The van der Waals surface area contributed by atoms with Crippen molar-refractivity contribution >= 4 is 15.8 Å². The highest BCUT2D eigenvalue weighted by molar-refractivity contribution is 7.90. The molecule has 7 nitrogen and oxygen atoms in total. The van der Waals surface area contributed by atoms with E-state index in [0.717, 1.165) is 39.3 Å². The molecule has 0 radical (unpaired) electrons. The van der Waals surface area contributed by atoms with Gasteiger partial charge in [-0.3, -0.25) is 9.89 Å². The third-order valence-electron chi connectivity index (χ3n) is 3.80. The van der Waals surface area contributed by atoms with E-state index in [1.807, 2.05) is 0 Å². The van der Waals surface area contributed by atoms with E-state index >= 15 is 0 Å². The molecule has 0 aromatic rings. The molecule has 0 aliphatic carbocycles. The highest BCUT2D eigenvalue weighted by Crippen LogP contribution is 2.12. The van der Waals surface area contributed by atoms with Crippen molar-refractivity contribution in [1.29, 1.82) is 0 Å². The van der Waals surface area contributed by atoms with E-state index in [-0.39, 0.29) is 5.75 Å². The Hall–Kier alpha value is -0.860. The molecule has 1 aliphatic rings. The first-order valence-corrected chi connectivity index (χ1v) is 10.3. The molecule has 0 aromatic carbocycles.